The van der Waals surface area contributed by atoms with E-state index in [1.165, 1.54) is 5.69 Å². The quantitative estimate of drug-likeness (QED) is 0.851. The third kappa shape index (κ3) is 3.55. The molecule has 2 rings (SSSR count). The number of nitrogens with zero attached hydrogens (tertiary/aromatic N) is 2. The first-order valence-corrected chi connectivity index (χ1v) is 7.15. The lowest BCUT2D eigenvalue weighted by Gasteiger charge is -2.18. The minimum absolute atomic E-state index is 0.172. The number of hydrogen-bond acceptors (Lipinski definition) is 4. The summed E-state index contributed by atoms with van der Waals surface area (Å²) in [6.45, 7) is 5.86. The molecule has 1 aromatic heterocycles. The largest absolute Gasteiger partial charge is 0.497 e. The Hall–Kier alpha value is -2.01. The monoisotopic (exact) mass is 289 g/mol. The first-order chi connectivity index (χ1) is 10.2. The molecule has 1 N–H and O–H groups in total. The molecule has 0 aliphatic heterocycles. The van der Waals surface area contributed by atoms with Crippen LogP contribution >= 0.6 is 0 Å². The Morgan fingerprint density at radius 1 is 1.24 bits per heavy atom. The Bertz CT molecular complexity index is 581. The third-order valence-electron chi connectivity index (χ3n) is 3.60. The van der Waals surface area contributed by atoms with Crippen LogP contribution in [0.1, 0.15) is 31.1 Å². The zero-order valence-electron chi connectivity index (χ0n) is 13.1. The van der Waals surface area contributed by atoms with Crippen LogP contribution in [0.5, 0.6) is 11.5 Å². The van der Waals surface area contributed by atoms with Gasteiger partial charge in [-0.3, -0.25) is 4.68 Å². The van der Waals surface area contributed by atoms with Gasteiger partial charge in [0, 0.05) is 37.0 Å². The molecule has 1 heterocycles. The second-order valence-electron chi connectivity index (χ2n) is 4.85. The molecule has 0 radical (unpaired) electrons. The second kappa shape index (κ2) is 7.13. The molecular formula is C16H23N3O2. The summed E-state index contributed by atoms with van der Waals surface area (Å²) in [6.07, 6.45) is 1.83. The fourth-order valence-electron chi connectivity index (χ4n) is 2.34. The van der Waals surface area contributed by atoms with Gasteiger partial charge in [-0.15, -0.1) is 0 Å². The van der Waals surface area contributed by atoms with Gasteiger partial charge < -0.3 is 14.8 Å². The van der Waals surface area contributed by atoms with Crippen molar-refractivity contribution in [3.8, 4) is 11.5 Å². The topological polar surface area (TPSA) is 48.3 Å². The Balaban J connectivity index is 2.08. The Morgan fingerprint density at radius 2 is 2.05 bits per heavy atom. The van der Waals surface area contributed by atoms with E-state index in [1.807, 2.05) is 35.1 Å². The maximum Gasteiger partial charge on any atom is 0.127 e. The molecule has 2 aromatic rings. The van der Waals surface area contributed by atoms with Gasteiger partial charge in [0.05, 0.1) is 19.9 Å². The number of nitrogens with one attached hydrogen (secondary N) is 1. The summed E-state index contributed by atoms with van der Waals surface area (Å²) in [5.41, 5.74) is 2.29. The van der Waals surface area contributed by atoms with Gasteiger partial charge >= 0.3 is 0 Å². The standard InChI is InChI=1S/C16H23N3O2/c1-5-19-13(8-9-18-19)11-17-12(2)15-7-6-14(20-3)10-16(15)21-4/h6-10,12,17H,5,11H2,1-4H3. The molecule has 114 valence electrons. The molecule has 0 spiro atoms. The van der Waals surface area contributed by atoms with Crippen LogP contribution in [0.15, 0.2) is 30.5 Å². The highest BCUT2D eigenvalue weighted by atomic mass is 16.5. The van der Waals surface area contributed by atoms with E-state index in [9.17, 15) is 0 Å². The molecule has 0 amide bonds. The van der Waals surface area contributed by atoms with E-state index in [2.05, 4.69) is 24.3 Å². The zero-order valence-corrected chi connectivity index (χ0v) is 13.1. The number of benzene rings is 1. The van der Waals surface area contributed by atoms with Crippen LogP contribution in [-0.4, -0.2) is 24.0 Å². The van der Waals surface area contributed by atoms with E-state index < -0.39 is 0 Å². The van der Waals surface area contributed by atoms with Crippen molar-refractivity contribution in [2.75, 3.05) is 14.2 Å². The predicted octanol–water partition coefficient (Wildman–Crippen LogP) is 2.77. The summed E-state index contributed by atoms with van der Waals surface area (Å²) in [4.78, 5) is 0. The van der Waals surface area contributed by atoms with Crippen molar-refractivity contribution in [2.24, 2.45) is 0 Å². The number of ether oxygens (including phenoxy) is 2. The van der Waals surface area contributed by atoms with Gasteiger partial charge in [-0.25, -0.2) is 0 Å². The fraction of sp³-hybridized carbons (Fsp3) is 0.438. The minimum Gasteiger partial charge on any atom is -0.497 e. The highest BCUT2D eigenvalue weighted by molar-refractivity contribution is 5.42. The van der Waals surface area contributed by atoms with Gasteiger partial charge in [0.1, 0.15) is 11.5 Å². The number of aryl methyl sites for hydroxylation is 1. The van der Waals surface area contributed by atoms with E-state index in [4.69, 9.17) is 9.47 Å². The van der Waals surface area contributed by atoms with Gasteiger partial charge in [-0.1, -0.05) is 6.07 Å². The molecule has 5 heteroatoms. The summed E-state index contributed by atoms with van der Waals surface area (Å²) >= 11 is 0. The maximum atomic E-state index is 5.45. The van der Waals surface area contributed by atoms with Crippen molar-refractivity contribution in [3.05, 3.63) is 41.7 Å². The van der Waals surface area contributed by atoms with Crippen molar-refractivity contribution >= 4 is 0 Å². The molecular weight excluding hydrogens is 266 g/mol. The molecule has 0 saturated carbocycles. The average Bonchev–Trinajstić information content (AvgIpc) is 2.99. The summed E-state index contributed by atoms with van der Waals surface area (Å²) in [7, 11) is 3.33. The van der Waals surface area contributed by atoms with Gasteiger partial charge in [-0.2, -0.15) is 5.10 Å². The lowest BCUT2D eigenvalue weighted by atomic mass is 10.1. The molecule has 0 aliphatic carbocycles. The molecule has 21 heavy (non-hydrogen) atoms. The van der Waals surface area contributed by atoms with Gasteiger partial charge in [0.2, 0.25) is 0 Å². The van der Waals surface area contributed by atoms with Crippen LogP contribution in [0.25, 0.3) is 0 Å². The van der Waals surface area contributed by atoms with E-state index in [0.29, 0.717) is 0 Å². The van der Waals surface area contributed by atoms with E-state index >= 15 is 0 Å². The van der Waals surface area contributed by atoms with Crippen molar-refractivity contribution in [1.29, 1.82) is 0 Å². The summed E-state index contributed by atoms with van der Waals surface area (Å²) in [6, 6.07) is 8.10. The minimum atomic E-state index is 0.172. The molecule has 1 unspecified atom stereocenters. The normalized spacial score (nSPS) is 12.2. The van der Waals surface area contributed by atoms with Crippen molar-refractivity contribution in [2.45, 2.75) is 33.0 Å². The molecule has 0 bridgehead atoms. The number of aromatic nitrogens is 2. The summed E-state index contributed by atoms with van der Waals surface area (Å²) in [5.74, 6) is 1.63. The number of rotatable bonds is 7. The molecule has 5 nitrogen and oxygen atoms in total. The predicted molar refractivity (Wildman–Crippen MR) is 82.7 cm³/mol. The van der Waals surface area contributed by atoms with Gasteiger partial charge in [0.15, 0.2) is 0 Å². The number of hydrogen-bond donors (Lipinski definition) is 1. The summed E-state index contributed by atoms with van der Waals surface area (Å²) in [5, 5.41) is 7.78. The molecule has 1 atom stereocenters. The Labute approximate surface area is 125 Å². The van der Waals surface area contributed by atoms with Crippen LogP contribution in [0.2, 0.25) is 0 Å². The van der Waals surface area contributed by atoms with E-state index in [0.717, 1.165) is 30.2 Å². The van der Waals surface area contributed by atoms with Crippen LogP contribution < -0.4 is 14.8 Å². The smallest absolute Gasteiger partial charge is 0.127 e. The van der Waals surface area contributed by atoms with Gasteiger partial charge in [0.25, 0.3) is 0 Å². The number of methoxy groups -OCH3 is 2. The van der Waals surface area contributed by atoms with E-state index in [1.54, 1.807) is 14.2 Å². The van der Waals surface area contributed by atoms with Crippen LogP contribution in [0, 0.1) is 0 Å². The zero-order chi connectivity index (χ0) is 15.2. The Morgan fingerprint density at radius 3 is 2.71 bits per heavy atom. The first-order valence-electron chi connectivity index (χ1n) is 7.15. The van der Waals surface area contributed by atoms with Crippen molar-refractivity contribution in [1.82, 2.24) is 15.1 Å². The lowest BCUT2D eigenvalue weighted by Crippen LogP contribution is -2.20. The highest BCUT2D eigenvalue weighted by Crippen LogP contribution is 2.29. The average molecular weight is 289 g/mol. The van der Waals surface area contributed by atoms with Crippen LogP contribution in [-0.2, 0) is 13.1 Å². The van der Waals surface area contributed by atoms with E-state index in [-0.39, 0.29) is 6.04 Å². The van der Waals surface area contributed by atoms with Crippen molar-refractivity contribution in [3.63, 3.8) is 0 Å². The molecule has 0 fully saturated rings. The highest BCUT2D eigenvalue weighted by Gasteiger charge is 2.13. The van der Waals surface area contributed by atoms with Crippen LogP contribution in [0.4, 0.5) is 0 Å². The van der Waals surface area contributed by atoms with Crippen LogP contribution in [0.3, 0.4) is 0 Å². The fourth-order valence-corrected chi connectivity index (χ4v) is 2.34. The SMILES string of the molecule is CCn1nccc1CNC(C)c1ccc(OC)cc1OC. The second-order valence-corrected chi connectivity index (χ2v) is 4.85. The molecule has 0 aliphatic rings. The maximum absolute atomic E-state index is 5.45. The lowest BCUT2D eigenvalue weighted by molar-refractivity contribution is 0.385. The molecule has 1 aromatic carbocycles. The molecule has 0 saturated heterocycles. The Kier molecular flexibility index (Phi) is 5.22. The third-order valence-corrected chi connectivity index (χ3v) is 3.60. The van der Waals surface area contributed by atoms with Gasteiger partial charge in [-0.05, 0) is 26.0 Å². The first kappa shape index (κ1) is 15.4. The van der Waals surface area contributed by atoms with Crippen molar-refractivity contribution < 1.29 is 9.47 Å². The summed E-state index contributed by atoms with van der Waals surface area (Å²) < 4.78 is 12.7.